The maximum Gasteiger partial charge on any atom is 0.419 e. The molecular formula is C36H43F2N5O6Si. The molecule has 0 fully saturated rings. The summed E-state index contributed by atoms with van der Waals surface area (Å²) in [7, 11) is -1.34. The SMILES string of the molecule is CC(C)(C)OC(=O)n1c(C2=CC(C(=O)Nc3cnn(CC4=CC(F)C(F)C=C4)c3)=CN(COCC[Si](C)(C)C)CO2)cc2cc(C=O)ccc21. The zero-order chi connectivity index (χ0) is 36.2. The van der Waals surface area contributed by atoms with Crippen molar-refractivity contribution in [1.82, 2.24) is 19.2 Å². The molecule has 2 aliphatic rings. The molecule has 1 aliphatic carbocycles. The van der Waals surface area contributed by atoms with Crippen molar-refractivity contribution in [3.63, 3.8) is 0 Å². The van der Waals surface area contributed by atoms with Crippen LogP contribution in [0.3, 0.4) is 0 Å². The number of nitrogens with zero attached hydrogens (tertiary/aromatic N) is 4. The maximum absolute atomic E-state index is 13.9. The molecule has 2 unspecified atom stereocenters. The molecule has 1 aromatic carbocycles. The van der Waals surface area contributed by atoms with Crippen molar-refractivity contribution in [3.05, 3.63) is 89.6 Å². The van der Waals surface area contributed by atoms with Gasteiger partial charge in [0.15, 0.2) is 19.1 Å². The van der Waals surface area contributed by atoms with Crippen LogP contribution in [0.1, 0.15) is 36.8 Å². The Kier molecular flexibility index (Phi) is 10.9. The van der Waals surface area contributed by atoms with Gasteiger partial charge in [0.25, 0.3) is 5.91 Å². The van der Waals surface area contributed by atoms with Crippen molar-refractivity contribution in [2.75, 3.05) is 25.4 Å². The second-order valence-corrected chi connectivity index (χ2v) is 20.1. The summed E-state index contributed by atoms with van der Waals surface area (Å²) >= 11 is 0. The van der Waals surface area contributed by atoms with Gasteiger partial charge in [0.1, 0.15) is 24.4 Å². The Morgan fingerprint density at radius 2 is 1.94 bits per heavy atom. The molecule has 11 nitrogen and oxygen atoms in total. The summed E-state index contributed by atoms with van der Waals surface area (Å²) in [6, 6.07) is 7.59. The number of aromatic nitrogens is 3. The zero-order valence-corrected chi connectivity index (χ0v) is 30.1. The van der Waals surface area contributed by atoms with E-state index in [-0.39, 0.29) is 31.3 Å². The standard InChI is InChI=1S/C36H43F2N5O6Si/c1-36(2,3)49-35(46)43-31-10-8-25(21-44)13-26(31)15-32(43)33-16-27(19-41(23-48-33)22-47-11-12-50(4,5)6)34(45)40-28-17-39-42(20-28)18-24-7-9-29(37)30(38)14-24/h7-10,13-17,19-21,29-30H,11-12,18,22-23H2,1-6H3,(H,40,45). The quantitative estimate of drug-likeness (QED) is 0.128. The number of nitrogens with one attached hydrogen (secondary N) is 1. The number of carbonyl (C=O) groups is 3. The Morgan fingerprint density at radius 1 is 1.16 bits per heavy atom. The van der Waals surface area contributed by atoms with Crippen molar-refractivity contribution < 1.29 is 37.4 Å². The number of aldehydes is 1. The summed E-state index contributed by atoms with van der Waals surface area (Å²) in [5.41, 5.74) is 1.55. The van der Waals surface area contributed by atoms with Gasteiger partial charge in [-0.15, -0.1) is 0 Å². The average Bonchev–Trinajstić information content (AvgIpc) is 3.57. The van der Waals surface area contributed by atoms with E-state index < -0.39 is 38.0 Å². The molecule has 0 bridgehead atoms. The summed E-state index contributed by atoms with van der Waals surface area (Å²) in [6.45, 7) is 12.9. The summed E-state index contributed by atoms with van der Waals surface area (Å²) in [5, 5.41) is 7.70. The number of hydrogen-bond acceptors (Lipinski definition) is 8. The lowest BCUT2D eigenvalue weighted by Crippen LogP contribution is -2.28. The average molecular weight is 708 g/mol. The van der Waals surface area contributed by atoms with Crippen LogP contribution in [0, 0.1) is 0 Å². The van der Waals surface area contributed by atoms with Gasteiger partial charge in [0, 0.05) is 38.0 Å². The van der Waals surface area contributed by atoms with Crippen LogP contribution in [0.25, 0.3) is 16.7 Å². The van der Waals surface area contributed by atoms with E-state index in [1.54, 1.807) is 62.3 Å². The molecule has 0 radical (unpaired) electrons. The Morgan fingerprint density at radius 3 is 2.64 bits per heavy atom. The topological polar surface area (TPSA) is 117 Å². The Hall–Kier alpha value is -4.82. The van der Waals surface area contributed by atoms with E-state index in [0.717, 1.165) is 12.3 Å². The van der Waals surface area contributed by atoms with E-state index in [4.69, 9.17) is 14.2 Å². The number of alkyl halides is 2. The third-order valence-corrected chi connectivity index (χ3v) is 9.41. The lowest BCUT2D eigenvalue weighted by atomic mass is 10.0. The van der Waals surface area contributed by atoms with Gasteiger partial charge in [-0.05, 0) is 74.9 Å². The number of benzene rings is 1. The third-order valence-electron chi connectivity index (χ3n) is 7.71. The van der Waals surface area contributed by atoms with Crippen molar-refractivity contribution in [2.45, 2.75) is 70.9 Å². The number of halogens is 2. The van der Waals surface area contributed by atoms with Crippen LogP contribution in [0.4, 0.5) is 19.3 Å². The summed E-state index contributed by atoms with van der Waals surface area (Å²) in [4.78, 5) is 40.7. The Balaban J connectivity index is 1.45. The molecule has 0 spiro atoms. The minimum Gasteiger partial charge on any atom is -0.471 e. The predicted octanol–water partition coefficient (Wildman–Crippen LogP) is 7.07. The molecule has 1 N–H and O–H groups in total. The lowest BCUT2D eigenvalue weighted by Gasteiger charge is -2.23. The highest BCUT2D eigenvalue weighted by atomic mass is 28.3. The highest BCUT2D eigenvalue weighted by molar-refractivity contribution is 6.76. The molecule has 266 valence electrons. The fourth-order valence-corrected chi connectivity index (χ4v) is 5.95. The van der Waals surface area contributed by atoms with Gasteiger partial charge in [-0.3, -0.25) is 14.3 Å². The van der Waals surface area contributed by atoms with Gasteiger partial charge in [-0.25, -0.2) is 18.1 Å². The number of carbonyl (C=O) groups excluding carboxylic acids is 3. The first-order chi connectivity index (χ1) is 23.6. The molecule has 3 aromatic rings. The van der Waals surface area contributed by atoms with Crippen molar-refractivity contribution >= 4 is 48.7 Å². The summed E-state index contributed by atoms with van der Waals surface area (Å²) in [6.07, 6.45) is 6.75. The van der Waals surface area contributed by atoms with Crippen molar-refractivity contribution in [3.8, 4) is 0 Å². The van der Waals surface area contributed by atoms with E-state index in [1.165, 1.54) is 39.7 Å². The molecule has 3 heterocycles. The highest BCUT2D eigenvalue weighted by Gasteiger charge is 2.27. The van der Waals surface area contributed by atoms with Gasteiger partial charge in [-0.1, -0.05) is 25.7 Å². The van der Waals surface area contributed by atoms with Crippen LogP contribution in [0.15, 0.2) is 78.3 Å². The van der Waals surface area contributed by atoms with Crippen LogP contribution >= 0.6 is 0 Å². The van der Waals surface area contributed by atoms with E-state index in [9.17, 15) is 23.2 Å². The smallest absolute Gasteiger partial charge is 0.419 e. The van der Waals surface area contributed by atoms with Crippen LogP contribution in [-0.4, -0.2) is 83.6 Å². The summed E-state index contributed by atoms with van der Waals surface area (Å²) in [5.74, 6) is -0.284. The van der Waals surface area contributed by atoms with Gasteiger partial charge in [-0.2, -0.15) is 5.10 Å². The molecule has 2 atom stereocenters. The molecule has 50 heavy (non-hydrogen) atoms. The molecule has 5 rings (SSSR count). The fraction of sp³-hybridized carbons (Fsp3) is 0.389. The second kappa shape index (κ2) is 15.0. The van der Waals surface area contributed by atoms with Crippen molar-refractivity contribution in [1.29, 1.82) is 0 Å². The maximum atomic E-state index is 13.9. The van der Waals surface area contributed by atoms with Crippen LogP contribution < -0.4 is 5.32 Å². The number of ether oxygens (including phenoxy) is 3. The normalized spacial score (nSPS) is 18.2. The Labute approximate surface area is 290 Å². The minimum atomic E-state index is -1.72. The number of fused-ring (bicyclic) bond motifs is 1. The van der Waals surface area contributed by atoms with E-state index in [1.807, 2.05) is 0 Å². The first kappa shape index (κ1) is 36.5. The molecule has 1 aliphatic heterocycles. The minimum absolute atomic E-state index is 0.000849. The number of hydrogen-bond donors (Lipinski definition) is 1. The number of rotatable bonds is 11. The van der Waals surface area contributed by atoms with Gasteiger partial charge < -0.3 is 24.4 Å². The number of anilines is 1. The van der Waals surface area contributed by atoms with Crippen LogP contribution in [0.2, 0.25) is 25.7 Å². The Bertz CT molecular complexity index is 1880. The number of amides is 1. The summed E-state index contributed by atoms with van der Waals surface area (Å²) < 4.78 is 48.2. The molecule has 2 aromatic heterocycles. The molecule has 14 heteroatoms. The highest BCUT2D eigenvalue weighted by Crippen LogP contribution is 2.31. The second-order valence-electron chi connectivity index (χ2n) is 14.5. The molecule has 0 saturated heterocycles. The first-order valence-electron chi connectivity index (χ1n) is 16.3. The third kappa shape index (κ3) is 9.45. The van der Waals surface area contributed by atoms with Gasteiger partial charge in [0.05, 0.1) is 35.2 Å². The van der Waals surface area contributed by atoms with E-state index in [0.29, 0.717) is 40.0 Å². The molecular weight excluding hydrogens is 665 g/mol. The largest absolute Gasteiger partial charge is 0.471 e. The number of allylic oxidation sites excluding steroid dienone is 4. The molecule has 0 saturated carbocycles. The van der Waals surface area contributed by atoms with Crippen LogP contribution in [-0.2, 0) is 25.5 Å². The predicted molar refractivity (Wildman–Crippen MR) is 190 cm³/mol. The fourth-order valence-electron chi connectivity index (χ4n) is 5.19. The molecule has 1 amide bonds. The van der Waals surface area contributed by atoms with E-state index in [2.05, 4.69) is 30.1 Å². The van der Waals surface area contributed by atoms with Gasteiger partial charge in [0.2, 0.25) is 0 Å². The van der Waals surface area contributed by atoms with Crippen LogP contribution in [0.5, 0.6) is 0 Å². The monoisotopic (exact) mass is 707 g/mol. The van der Waals surface area contributed by atoms with E-state index >= 15 is 0 Å². The van der Waals surface area contributed by atoms with Crippen molar-refractivity contribution in [2.24, 2.45) is 0 Å². The zero-order valence-electron chi connectivity index (χ0n) is 29.1. The first-order valence-corrected chi connectivity index (χ1v) is 20.0. The lowest BCUT2D eigenvalue weighted by molar-refractivity contribution is -0.112. The van der Waals surface area contributed by atoms with Gasteiger partial charge >= 0.3 is 6.09 Å².